The van der Waals surface area contributed by atoms with Gasteiger partial charge in [0.25, 0.3) is 0 Å². The highest BCUT2D eigenvalue weighted by Gasteiger charge is 2.15. The summed E-state index contributed by atoms with van der Waals surface area (Å²) in [6.45, 7) is 0. The second kappa shape index (κ2) is 3.67. The number of nitrogens with two attached hydrogens (primary N) is 2. The molecule has 10 heavy (non-hydrogen) atoms. The minimum Gasteiger partial charge on any atom is -0.370 e. The summed E-state index contributed by atoms with van der Waals surface area (Å²) >= 11 is 0. The lowest BCUT2D eigenvalue weighted by Gasteiger charge is -1.99. The molecule has 0 aliphatic rings. The maximum atomic E-state index is 10.2. The lowest BCUT2D eigenvalue weighted by atomic mass is 10.2. The van der Waals surface area contributed by atoms with Crippen LogP contribution >= 0.6 is 0 Å². The van der Waals surface area contributed by atoms with Gasteiger partial charge in [0.15, 0.2) is 0 Å². The van der Waals surface area contributed by atoms with E-state index in [4.69, 9.17) is 5.73 Å². The zero-order valence-electron chi connectivity index (χ0n) is 5.11. The smallest absolute Gasteiger partial charge is 0.303 e. The fourth-order valence-electron chi connectivity index (χ4n) is 0.372. The largest absolute Gasteiger partial charge is 0.370 e. The molecule has 0 aromatic carbocycles. The molecule has 56 valence electrons. The number of primary amides is 1. The molecule has 1 unspecified atom stereocenters. The summed E-state index contributed by atoms with van der Waals surface area (Å²) in [4.78, 5) is 29.8. The average molecular weight is 145 g/mol. The molecule has 0 aromatic heterocycles. The van der Waals surface area contributed by atoms with Gasteiger partial charge >= 0.3 is 5.91 Å². The van der Waals surface area contributed by atoms with Crippen molar-refractivity contribution in [3.05, 3.63) is 4.91 Å². The Labute approximate surface area is 56.5 Å². The van der Waals surface area contributed by atoms with Crippen LogP contribution < -0.4 is 11.5 Å². The summed E-state index contributed by atoms with van der Waals surface area (Å²) in [7, 11) is 0. The predicted molar refractivity (Wildman–Crippen MR) is 32.6 cm³/mol. The summed E-state index contributed by atoms with van der Waals surface area (Å²) in [5, 5.41) is 2.02. The quantitative estimate of drug-likeness (QED) is 0.469. The van der Waals surface area contributed by atoms with Crippen LogP contribution in [0.25, 0.3) is 0 Å². The fourth-order valence-corrected chi connectivity index (χ4v) is 0.372. The average Bonchev–Trinajstić information content (AvgIpc) is 1.85. The molecular formula is C4H7N3O3. The highest BCUT2D eigenvalue weighted by Crippen LogP contribution is 1.88. The number of nitroso groups, excluding NO2 is 1. The van der Waals surface area contributed by atoms with Crippen LogP contribution in [-0.4, -0.2) is 17.9 Å². The number of hydrogen-bond donors (Lipinski definition) is 2. The molecule has 4 N–H and O–H groups in total. The van der Waals surface area contributed by atoms with Gasteiger partial charge in [-0.2, -0.15) is 0 Å². The molecule has 6 nitrogen and oxygen atoms in total. The van der Waals surface area contributed by atoms with Crippen LogP contribution in [0.1, 0.15) is 6.42 Å². The molecule has 0 saturated carbocycles. The van der Waals surface area contributed by atoms with Gasteiger partial charge in [-0.25, -0.2) is 0 Å². The molecule has 0 bridgehead atoms. The zero-order chi connectivity index (χ0) is 8.15. The Morgan fingerprint density at radius 2 is 2.00 bits per heavy atom. The van der Waals surface area contributed by atoms with Crippen molar-refractivity contribution in [2.24, 2.45) is 16.6 Å². The van der Waals surface area contributed by atoms with Crippen molar-refractivity contribution in [2.45, 2.75) is 12.5 Å². The van der Waals surface area contributed by atoms with Crippen LogP contribution in [0.2, 0.25) is 0 Å². The van der Waals surface area contributed by atoms with Gasteiger partial charge in [0.05, 0.1) is 12.5 Å². The van der Waals surface area contributed by atoms with Crippen LogP contribution in [-0.2, 0) is 9.59 Å². The van der Waals surface area contributed by atoms with Crippen LogP contribution in [0.5, 0.6) is 0 Å². The first-order valence-electron chi connectivity index (χ1n) is 2.49. The third-order valence-electron chi connectivity index (χ3n) is 0.828. The topological polar surface area (TPSA) is 116 Å². The SMILES string of the molecule is NC(=O)CC(N)C(=O)N=O. The molecule has 1 atom stereocenters. The molecule has 0 radical (unpaired) electrons. The normalized spacial score (nSPS) is 12.1. The molecule has 0 aliphatic heterocycles. The van der Waals surface area contributed by atoms with E-state index in [9.17, 15) is 14.5 Å². The lowest BCUT2D eigenvalue weighted by Crippen LogP contribution is -2.33. The molecule has 2 amide bonds. The van der Waals surface area contributed by atoms with Crippen molar-refractivity contribution in [3.63, 3.8) is 0 Å². The standard InChI is InChI=1S/C4H7N3O3/c5-2(1-3(6)8)4(9)7-10/h2H,1,5H2,(H2,6,8). The minimum absolute atomic E-state index is 0.343. The number of carbonyl (C=O) groups is 2. The fraction of sp³-hybridized carbons (Fsp3) is 0.500. The van der Waals surface area contributed by atoms with Gasteiger partial charge in [0.1, 0.15) is 0 Å². The maximum Gasteiger partial charge on any atom is 0.303 e. The monoisotopic (exact) mass is 145 g/mol. The molecule has 0 saturated heterocycles. The Hall–Kier alpha value is -1.30. The van der Waals surface area contributed by atoms with Crippen molar-refractivity contribution in [3.8, 4) is 0 Å². The molecule has 6 heteroatoms. The molecule has 0 fully saturated rings. The van der Waals surface area contributed by atoms with Crippen LogP contribution in [0.4, 0.5) is 0 Å². The highest BCUT2D eigenvalue weighted by atomic mass is 16.3. The number of carbonyl (C=O) groups excluding carboxylic acids is 2. The van der Waals surface area contributed by atoms with Crippen molar-refractivity contribution < 1.29 is 9.59 Å². The van der Waals surface area contributed by atoms with E-state index in [0.29, 0.717) is 0 Å². The zero-order valence-corrected chi connectivity index (χ0v) is 5.11. The van der Waals surface area contributed by atoms with Gasteiger partial charge < -0.3 is 11.5 Å². The molecular weight excluding hydrogens is 138 g/mol. The van der Waals surface area contributed by atoms with E-state index >= 15 is 0 Å². The number of rotatable bonds is 3. The molecule has 0 spiro atoms. The third kappa shape index (κ3) is 2.88. The van der Waals surface area contributed by atoms with E-state index in [0.717, 1.165) is 0 Å². The van der Waals surface area contributed by atoms with Crippen molar-refractivity contribution >= 4 is 11.8 Å². The summed E-state index contributed by atoms with van der Waals surface area (Å²) in [5.41, 5.74) is 9.66. The van der Waals surface area contributed by atoms with E-state index in [2.05, 4.69) is 5.73 Å². The van der Waals surface area contributed by atoms with E-state index in [1.54, 1.807) is 0 Å². The van der Waals surface area contributed by atoms with Crippen LogP contribution in [0.3, 0.4) is 0 Å². The molecule has 0 aromatic rings. The second-order valence-corrected chi connectivity index (χ2v) is 1.71. The first kappa shape index (κ1) is 8.70. The highest BCUT2D eigenvalue weighted by molar-refractivity contribution is 5.87. The van der Waals surface area contributed by atoms with E-state index in [1.807, 2.05) is 5.18 Å². The minimum atomic E-state index is -1.19. The van der Waals surface area contributed by atoms with Gasteiger partial charge in [0.2, 0.25) is 5.91 Å². The van der Waals surface area contributed by atoms with E-state index in [1.165, 1.54) is 0 Å². The Morgan fingerprint density at radius 3 is 2.30 bits per heavy atom. The summed E-state index contributed by atoms with van der Waals surface area (Å²) in [6.07, 6.45) is -0.343. The molecule has 0 aliphatic carbocycles. The Bertz CT molecular complexity index is 167. The first-order valence-corrected chi connectivity index (χ1v) is 2.49. The number of amides is 2. The second-order valence-electron chi connectivity index (χ2n) is 1.71. The molecule has 0 heterocycles. The summed E-state index contributed by atoms with van der Waals surface area (Å²) < 4.78 is 0. The van der Waals surface area contributed by atoms with Gasteiger partial charge in [0, 0.05) is 5.18 Å². The summed E-state index contributed by atoms with van der Waals surface area (Å²) in [5.74, 6) is -1.79. The van der Waals surface area contributed by atoms with Gasteiger partial charge in [-0.1, -0.05) is 0 Å². The predicted octanol–water partition coefficient (Wildman–Crippen LogP) is -1.52. The van der Waals surface area contributed by atoms with Crippen LogP contribution in [0.15, 0.2) is 5.18 Å². The van der Waals surface area contributed by atoms with Gasteiger partial charge in [-0.15, -0.1) is 4.91 Å². The summed E-state index contributed by atoms with van der Waals surface area (Å²) in [6, 6.07) is -1.19. The molecule has 0 rings (SSSR count). The Morgan fingerprint density at radius 1 is 1.50 bits per heavy atom. The number of hydrogen-bond acceptors (Lipinski definition) is 4. The Balaban J connectivity index is 3.84. The van der Waals surface area contributed by atoms with Crippen molar-refractivity contribution in [1.29, 1.82) is 0 Å². The van der Waals surface area contributed by atoms with Gasteiger partial charge in [-0.3, -0.25) is 9.59 Å². The first-order chi connectivity index (χ1) is 4.57. The Kier molecular flexibility index (Phi) is 3.20. The van der Waals surface area contributed by atoms with Crippen molar-refractivity contribution in [2.75, 3.05) is 0 Å². The van der Waals surface area contributed by atoms with E-state index in [-0.39, 0.29) is 6.42 Å². The third-order valence-corrected chi connectivity index (χ3v) is 0.828. The van der Waals surface area contributed by atoms with Crippen molar-refractivity contribution in [1.82, 2.24) is 0 Å². The van der Waals surface area contributed by atoms with Gasteiger partial charge in [-0.05, 0) is 0 Å². The lowest BCUT2D eigenvalue weighted by molar-refractivity contribution is -0.124. The number of nitrogens with zero attached hydrogens (tertiary/aromatic N) is 1. The van der Waals surface area contributed by atoms with Crippen LogP contribution in [0, 0.1) is 4.91 Å². The van der Waals surface area contributed by atoms with E-state index < -0.39 is 17.9 Å². The maximum absolute atomic E-state index is 10.2.